The maximum atomic E-state index is 8.89. The molecule has 1 saturated heterocycles. The molecule has 3 nitrogen and oxygen atoms in total. The van der Waals surface area contributed by atoms with Gasteiger partial charge in [-0.3, -0.25) is 4.90 Å². The molecule has 2 rings (SSSR count). The Morgan fingerprint density at radius 2 is 2.24 bits per heavy atom. The molecule has 21 heavy (non-hydrogen) atoms. The van der Waals surface area contributed by atoms with Gasteiger partial charge in [-0.2, -0.15) is 0 Å². The maximum absolute atomic E-state index is 8.89. The summed E-state index contributed by atoms with van der Waals surface area (Å²) in [4.78, 5) is 2.49. The van der Waals surface area contributed by atoms with E-state index in [-0.39, 0.29) is 6.61 Å². The van der Waals surface area contributed by atoms with Gasteiger partial charge in [0.15, 0.2) is 0 Å². The molecule has 1 heterocycles. The van der Waals surface area contributed by atoms with Crippen LogP contribution in [0.5, 0.6) is 5.75 Å². The number of rotatable bonds is 4. The van der Waals surface area contributed by atoms with E-state index in [1.165, 1.54) is 12.0 Å². The zero-order chi connectivity index (χ0) is 15.2. The van der Waals surface area contributed by atoms with Crippen LogP contribution in [-0.2, 0) is 6.54 Å². The average molecular weight is 287 g/mol. The van der Waals surface area contributed by atoms with E-state index in [1.807, 2.05) is 12.1 Å². The van der Waals surface area contributed by atoms with Crippen LogP contribution in [0.1, 0.15) is 31.4 Å². The second-order valence-electron chi connectivity index (χ2n) is 6.01. The Morgan fingerprint density at radius 3 is 2.86 bits per heavy atom. The minimum Gasteiger partial charge on any atom is -0.497 e. The largest absolute Gasteiger partial charge is 0.497 e. The van der Waals surface area contributed by atoms with Gasteiger partial charge in [0.2, 0.25) is 0 Å². The summed E-state index contributed by atoms with van der Waals surface area (Å²) in [6.45, 7) is 7.70. The van der Waals surface area contributed by atoms with Crippen LogP contribution in [0.4, 0.5) is 0 Å². The lowest BCUT2D eigenvalue weighted by molar-refractivity contribution is 0.296. The Labute approximate surface area is 127 Å². The van der Waals surface area contributed by atoms with Crippen molar-refractivity contribution in [3.63, 3.8) is 0 Å². The summed E-state index contributed by atoms with van der Waals surface area (Å²) in [5, 5.41) is 8.89. The van der Waals surface area contributed by atoms with E-state index in [0.29, 0.717) is 0 Å². The lowest BCUT2D eigenvalue weighted by Crippen LogP contribution is -2.22. The molecule has 1 atom stereocenters. The lowest BCUT2D eigenvalue weighted by atomic mass is 9.95. The molecule has 0 aliphatic carbocycles. The Kier molecular flexibility index (Phi) is 5.67. The van der Waals surface area contributed by atoms with Crippen LogP contribution in [0.25, 0.3) is 0 Å². The second kappa shape index (κ2) is 7.49. The van der Waals surface area contributed by atoms with Crippen LogP contribution in [0.2, 0.25) is 0 Å². The van der Waals surface area contributed by atoms with Crippen molar-refractivity contribution in [3.8, 4) is 17.6 Å². The molecular weight excluding hydrogens is 262 g/mol. The zero-order valence-corrected chi connectivity index (χ0v) is 13.2. The molecule has 0 aromatic heterocycles. The second-order valence-corrected chi connectivity index (χ2v) is 6.01. The summed E-state index contributed by atoms with van der Waals surface area (Å²) >= 11 is 0. The Hall–Kier alpha value is -1.50. The Bertz CT molecular complexity index is 528. The molecule has 1 fully saturated rings. The lowest BCUT2D eigenvalue weighted by Gasteiger charge is -2.19. The first-order valence-corrected chi connectivity index (χ1v) is 7.63. The predicted octanol–water partition coefficient (Wildman–Crippen LogP) is 2.52. The summed E-state index contributed by atoms with van der Waals surface area (Å²) in [5.41, 5.74) is 2.16. The third-order valence-corrected chi connectivity index (χ3v) is 4.26. The fourth-order valence-corrected chi connectivity index (χ4v) is 2.88. The van der Waals surface area contributed by atoms with Crippen molar-refractivity contribution in [2.24, 2.45) is 11.8 Å². The summed E-state index contributed by atoms with van der Waals surface area (Å²) in [7, 11) is 1.68. The highest BCUT2D eigenvalue weighted by molar-refractivity contribution is 5.45. The van der Waals surface area contributed by atoms with Crippen molar-refractivity contribution >= 4 is 0 Å². The van der Waals surface area contributed by atoms with Gasteiger partial charge < -0.3 is 9.84 Å². The number of likely N-dealkylation sites (tertiary alicyclic amines) is 1. The van der Waals surface area contributed by atoms with Crippen molar-refractivity contribution in [3.05, 3.63) is 29.3 Å². The summed E-state index contributed by atoms with van der Waals surface area (Å²) in [5.74, 6) is 8.18. The van der Waals surface area contributed by atoms with Crippen molar-refractivity contribution in [2.75, 3.05) is 26.8 Å². The molecule has 1 aliphatic rings. The highest BCUT2D eigenvalue weighted by atomic mass is 16.5. The average Bonchev–Trinajstić information content (AvgIpc) is 2.94. The molecular formula is C18H25NO2. The maximum Gasteiger partial charge on any atom is 0.119 e. The van der Waals surface area contributed by atoms with Gasteiger partial charge in [0.1, 0.15) is 12.4 Å². The van der Waals surface area contributed by atoms with Crippen LogP contribution in [0, 0.1) is 23.7 Å². The van der Waals surface area contributed by atoms with Crippen LogP contribution < -0.4 is 4.74 Å². The molecule has 0 radical (unpaired) electrons. The molecule has 1 aromatic rings. The van der Waals surface area contributed by atoms with Crippen molar-refractivity contribution in [2.45, 2.75) is 26.8 Å². The highest BCUT2D eigenvalue weighted by Gasteiger charge is 2.25. The minimum atomic E-state index is -0.107. The van der Waals surface area contributed by atoms with Crippen LogP contribution in [0.3, 0.4) is 0 Å². The van der Waals surface area contributed by atoms with Gasteiger partial charge in [0, 0.05) is 18.7 Å². The Morgan fingerprint density at radius 1 is 1.43 bits per heavy atom. The fraction of sp³-hybridized carbons (Fsp3) is 0.556. The first-order chi connectivity index (χ1) is 10.1. The molecule has 1 unspecified atom stereocenters. The van der Waals surface area contributed by atoms with Gasteiger partial charge in [0.05, 0.1) is 7.11 Å². The SMILES string of the molecule is COc1ccc(C#CCO)c(CN2CCC(C(C)C)C2)c1. The van der Waals surface area contributed by atoms with Crippen molar-refractivity contribution in [1.29, 1.82) is 0 Å². The Balaban J connectivity index is 2.14. The first-order valence-electron chi connectivity index (χ1n) is 7.63. The van der Waals surface area contributed by atoms with E-state index in [2.05, 4.69) is 36.7 Å². The molecule has 0 spiro atoms. The predicted molar refractivity (Wildman–Crippen MR) is 85.2 cm³/mol. The number of benzene rings is 1. The quantitative estimate of drug-likeness (QED) is 0.864. The van der Waals surface area contributed by atoms with Gasteiger partial charge in [-0.15, -0.1) is 0 Å². The van der Waals surface area contributed by atoms with Crippen LogP contribution in [0.15, 0.2) is 18.2 Å². The van der Waals surface area contributed by atoms with Gasteiger partial charge in [-0.25, -0.2) is 0 Å². The number of aliphatic hydroxyl groups excluding tert-OH is 1. The highest BCUT2D eigenvalue weighted by Crippen LogP contribution is 2.26. The van der Waals surface area contributed by atoms with Gasteiger partial charge >= 0.3 is 0 Å². The topological polar surface area (TPSA) is 32.7 Å². The van der Waals surface area contributed by atoms with E-state index in [4.69, 9.17) is 9.84 Å². The fourth-order valence-electron chi connectivity index (χ4n) is 2.88. The van der Waals surface area contributed by atoms with Crippen LogP contribution >= 0.6 is 0 Å². The van der Waals surface area contributed by atoms with Gasteiger partial charge in [-0.05, 0) is 48.6 Å². The van der Waals surface area contributed by atoms with E-state index < -0.39 is 0 Å². The van der Waals surface area contributed by atoms with Crippen LogP contribution in [-0.4, -0.2) is 36.8 Å². The zero-order valence-electron chi connectivity index (χ0n) is 13.2. The number of aliphatic hydroxyl groups is 1. The van der Waals surface area contributed by atoms with Crippen molar-refractivity contribution < 1.29 is 9.84 Å². The molecule has 0 bridgehead atoms. The van der Waals surface area contributed by atoms with E-state index >= 15 is 0 Å². The van der Waals surface area contributed by atoms with Gasteiger partial charge in [0.25, 0.3) is 0 Å². The third kappa shape index (κ3) is 4.23. The minimum absolute atomic E-state index is 0.107. The van der Waals surface area contributed by atoms with Crippen molar-refractivity contribution in [1.82, 2.24) is 4.90 Å². The number of nitrogens with zero attached hydrogens (tertiary/aromatic N) is 1. The molecule has 1 aromatic carbocycles. The number of hydrogen-bond acceptors (Lipinski definition) is 3. The molecule has 1 aliphatic heterocycles. The molecule has 0 amide bonds. The monoisotopic (exact) mass is 287 g/mol. The molecule has 114 valence electrons. The summed E-state index contributed by atoms with van der Waals surface area (Å²) in [6, 6.07) is 5.96. The number of methoxy groups -OCH3 is 1. The normalized spacial score (nSPS) is 18.6. The first kappa shape index (κ1) is 15.9. The van der Waals surface area contributed by atoms with E-state index in [9.17, 15) is 0 Å². The number of hydrogen-bond donors (Lipinski definition) is 1. The summed E-state index contributed by atoms with van der Waals surface area (Å²) < 4.78 is 5.32. The van der Waals surface area contributed by atoms with E-state index in [1.54, 1.807) is 7.11 Å². The molecule has 1 N–H and O–H groups in total. The number of ether oxygens (including phenoxy) is 1. The van der Waals surface area contributed by atoms with E-state index in [0.717, 1.165) is 42.8 Å². The third-order valence-electron chi connectivity index (χ3n) is 4.26. The smallest absolute Gasteiger partial charge is 0.119 e. The molecule has 0 saturated carbocycles. The summed E-state index contributed by atoms with van der Waals surface area (Å²) in [6.07, 6.45) is 1.28. The standard InChI is InChI=1S/C18H25NO2/c1-14(2)16-8-9-19(12-16)13-17-11-18(21-3)7-6-15(17)5-4-10-20/h6-7,11,14,16,20H,8-10,12-13H2,1-3H3. The van der Waals surface area contributed by atoms with Gasteiger partial charge in [-0.1, -0.05) is 25.7 Å². The molecule has 3 heteroatoms.